The fourth-order valence-corrected chi connectivity index (χ4v) is 3.66. The van der Waals surface area contributed by atoms with Gasteiger partial charge in [0.15, 0.2) is 0 Å². The number of thioether (sulfide) groups is 1. The first kappa shape index (κ1) is 11.6. The van der Waals surface area contributed by atoms with Crippen molar-refractivity contribution in [3.63, 3.8) is 0 Å². The Morgan fingerprint density at radius 3 is 2.94 bits per heavy atom. The first-order valence-electron chi connectivity index (χ1n) is 4.89. The highest BCUT2D eigenvalue weighted by molar-refractivity contribution is 7.99. The first-order valence-corrected chi connectivity index (χ1v) is 6.25. The molecule has 3 nitrogen and oxygen atoms in total. The van der Waals surface area contributed by atoms with Crippen LogP contribution in [0.25, 0.3) is 0 Å². The van der Waals surface area contributed by atoms with Gasteiger partial charge in [-0.15, -0.1) is 11.8 Å². The van der Waals surface area contributed by atoms with Gasteiger partial charge in [-0.2, -0.15) is 0 Å². The second kappa shape index (κ2) is 4.18. The number of aliphatic carboxylic acids is 1. The van der Waals surface area contributed by atoms with E-state index in [2.05, 4.69) is 0 Å². The van der Waals surface area contributed by atoms with E-state index in [1.807, 2.05) is 19.1 Å². The van der Waals surface area contributed by atoms with Crippen LogP contribution in [0.5, 0.6) is 0 Å². The molecule has 0 fully saturated rings. The molecule has 0 aliphatic carbocycles. The Balaban J connectivity index is 2.48. The molecule has 1 atom stereocenters. The third-order valence-corrected chi connectivity index (χ3v) is 4.07. The predicted molar refractivity (Wildman–Crippen MR) is 66.7 cm³/mol. The second-order valence-electron chi connectivity index (χ2n) is 3.87. The molecule has 0 aromatic heterocycles. The smallest absolute Gasteiger partial charge is 0.327 e. The van der Waals surface area contributed by atoms with Crippen LogP contribution < -0.4 is 4.90 Å². The van der Waals surface area contributed by atoms with Gasteiger partial charge >= 0.3 is 5.97 Å². The number of hydrogen-bond acceptors (Lipinski definition) is 3. The van der Waals surface area contributed by atoms with Crippen LogP contribution in [0, 0.1) is 6.92 Å². The molecule has 0 saturated carbocycles. The Labute approximate surface area is 103 Å². The molecule has 1 heterocycles. The van der Waals surface area contributed by atoms with Crippen LogP contribution in [-0.4, -0.2) is 29.9 Å². The number of rotatable bonds is 1. The zero-order chi connectivity index (χ0) is 11.9. The van der Waals surface area contributed by atoms with Crippen LogP contribution in [-0.2, 0) is 4.79 Å². The van der Waals surface area contributed by atoms with Gasteiger partial charge in [0.2, 0.25) is 0 Å². The molecule has 5 heteroatoms. The molecule has 1 unspecified atom stereocenters. The van der Waals surface area contributed by atoms with E-state index in [-0.39, 0.29) is 0 Å². The van der Waals surface area contributed by atoms with Crippen molar-refractivity contribution in [2.45, 2.75) is 17.9 Å². The lowest BCUT2D eigenvalue weighted by Gasteiger charge is -2.33. The highest BCUT2D eigenvalue weighted by Gasteiger charge is 2.30. The maximum absolute atomic E-state index is 11.1. The van der Waals surface area contributed by atoms with Crippen LogP contribution in [0.15, 0.2) is 17.0 Å². The zero-order valence-electron chi connectivity index (χ0n) is 9.03. The summed E-state index contributed by atoms with van der Waals surface area (Å²) in [5.74, 6) is -0.254. The average molecular weight is 258 g/mol. The van der Waals surface area contributed by atoms with Crippen molar-refractivity contribution >= 4 is 35.0 Å². The number of aryl methyl sites for hydroxylation is 1. The predicted octanol–water partition coefficient (Wildman–Crippen LogP) is 2.64. The van der Waals surface area contributed by atoms with Gasteiger partial charge in [0, 0.05) is 17.7 Å². The van der Waals surface area contributed by atoms with Gasteiger partial charge in [-0.25, -0.2) is 4.79 Å². The Morgan fingerprint density at radius 1 is 1.62 bits per heavy atom. The summed E-state index contributed by atoms with van der Waals surface area (Å²) in [6.07, 6.45) is 0. The van der Waals surface area contributed by atoms with E-state index < -0.39 is 12.0 Å². The zero-order valence-corrected chi connectivity index (χ0v) is 10.6. The maximum atomic E-state index is 11.1. The Hall–Kier alpha value is -0.870. The minimum atomic E-state index is -0.808. The van der Waals surface area contributed by atoms with Gasteiger partial charge < -0.3 is 10.0 Å². The molecular weight excluding hydrogens is 246 g/mol. The van der Waals surface area contributed by atoms with Gasteiger partial charge in [-0.3, -0.25) is 0 Å². The normalized spacial score (nSPS) is 19.4. The molecule has 0 amide bonds. The quantitative estimate of drug-likeness (QED) is 0.840. The number of benzene rings is 1. The van der Waals surface area contributed by atoms with Gasteiger partial charge in [-0.05, 0) is 24.6 Å². The van der Waals surface area contributed by atoms with Crippen molar-refractivity contribution in [3.8, 4) is 0 Å². The van der Waals surface area contributed by atoms with Crippen LogP contribution in [0.4, 0.5) is 5.69 Å². The summed E-state index contributed by atoms with van der Waals surface area (Å²) in [5, 5.41) is 9.70. The van der Waals surface area contributed by atoms with E-state index in [4.69, 9.17) is 16.7 Å². The summed E-state index contributed by atoms with van der Waals surface area (Å²) >= 11 is 7.71. The van der Waals surface area contributed by atoms with Gasteiger partial charge in [-0.1, -0.05) is 11.6 Å². The van der Waals surface area contributed by atoms with Crippen LogP contribution in [0.1, 0.15) is 5.56 Å². The molecule has 1 N–H and O–H groups in total. The molecule has 0 spiro atoms. The summed E-state index contributed by atoms with van der Waals surface area (Å²) in [5.41, 5.74) is 1.93. The van der Waals surface area contributed by atoms with Crippen LogP contribution in [0.3, 0.4) is 0 Å². The number of carboxylic acids is 1. The van der Waals surface area contributed by atoms with Crippen molar-refractivity contribution in [2.75, 3.05) is 17.7 Å². The fraction of sp³-hybridized carbons (Fsp3) is 0.364. The third kappa shape index (κ3) is 1.87. The molecule has 0 saturated heterocycles. The molecule has 1 aliphatic heterocycles. The largest absolute Gasteiger partial charge is 0.480 e. The van der Waals surface area contributed by atoms with E-state index in [1.54, 1.807) is 23.7 Å². The monoisotopic (exact) mass is 257 g/mol. The minimum Gasteiger partial charge on any atom is -0.480 e. The SMILES string of the molecule is Cc1cc(Cl)c2c(c1)SCC(C(=O)O)N2C. The van der Waals surface area contributed by atoms with Crippen molar-refractivity contribution in [1.29, 1.82) is 0 Å². The van der Waals surface area contributed by atoms with E-state index in [9.17, 15) is 4.79 Å². The standard InChI is InChI=1S/C11H12ClNO2S/c1-6-3-7(12)10-9(4-6)16-5-8(11(14)15)13(10)2/h3-4,8H,5H2,1-2H3,(H,14,15). The number of nitrogens with zero attached hydrogens (tertiary/aromatic N) is 1. The minimum absolute atomic E-state index is 0.502. The molecule has 2 rings (SSSR count). The van der Waals surface area contributed by atoms with Crippen molar-refractivity contribution in [3.05, 3.63) is 22.7 Å². The number of halogens is 1. The topological polar surface area (TPSA) is 40.5 Å². The van der Waals surface area contributed by atoms with E-state index >= 15 is 0 Å². The number of likely N-dealkylation sites (N-methyl/N-ethyl adjacent to an activating group) is 1. The fourth-order valence-electron chi connectivity index (χ4n) is 1.83. The lowest BCUT2D eigenvalue weighted by Crippen LogP contribution is -2.42. The highest BCUT2D eigenvalue weighted by Crippen LogP contribution is 2.42. The molecule has 16 heavy (non-hydrogen) atoms. The summed E-state index contributed by atoms with van der Waals surface area (Å²) in [6.45, 7) is 1.98. The number of carboxylic acid groups (broad SMARTS) is 1. The molecule has 86 valence electrons. The Bertz CT molecular complexity index is 450. The number of fused-ring (bicyclic) bond motifs is 1. The molecule has 1 aromatic rings. The van der Waals surface area contributed by atoms with Crippen molar-refractivity contribution < 1.29 is 9.90 Å². The summed E-state index contributed by atoms with van der Waals surface area (Å²) in [4.78, 5) is 13.9. The summed E-state index contributed by atoms with van der Waals surface area (Å²) in [6, 6.07) is 3.40. The van der Waals surface area contributed by atoms with Crippen molar-refractivity contribution in [1.82, 2.24) is 0 Å². The van der Waals surface area contributed by atoms with E-state index in [1.165, 1.54) is 0 Å². The van der Waals surface area contributed by atoms with Gasteiger partial charge in [0.1, 0.15) is 6.04 Å². The first-order chi connectivity index (χ1) is 7.50. The maximum Gasteiger partial charge on any atom is 0.327 e. The Kier molecular flexibility index (Phi) is 3.04. The molecular formula is C11H12ClNO2S. The molecule has 0 radical (unpaired) electrons. The number of carbonyl (C=O) groups is 1. The highest BCUT2D eigenvalue weighted by atomic mass is 35.5. The number of hydrogen-bond donors (Lipinski definition) is 1. The van der Waals surface area contributed by atoms with E-state index in [0.29, 0.717) is 10.8 Å². The van der Waals surface area contributed by atoms with E-state index in [0.717, 1.165) is 16.1 Å². The second-order valence-corrected chi connectivity index (χ2v) is 5.34. The van der Waals surface area contributed by atoms with Crippen LogP contribution in [0.2, 0.25) is 5.02 Å². The lowest BCUT2D eigenvalue weighted by atomic mass is 10.2. The lowest BCUT2D eigenvalue weighted by molar-refractivity contribution is -0.138. The Morgan fingerprint density at radius 2 is 2.31 bits per heavy atom. The summed E-state index contributed by atoms with van der Waals surface area (Å²) in [7, 11) is 1.78. The van der Waals surface area contributed by atoms with Crippen molar-refractivity contribution in [2.24, 2.45) is 0 Å². The number of anilines is 1. The van der Waals surface area contributed by atoms with Gasteiger partial charge in [0.05, 0.1) is 10.7 Å². The average Bonchev–Trinajstić information content (AvgIpc) is 2.15. The molecule has 1 aromatic carbocycles. The van der Waals surface area contributed by atoms with Crippen LogP contribution >= 0.6 is 23.4 Å². The molecule has 0 bridgehead atoms. The van der Waals surface area contributed by atoms with Gasteiger partial charge in [0.25, 0.3) is 0 Å². The third-order valence-electron chi connectivity index (χ3n) is 2.67. The summed E-state index contributed by atoms with van der Waals surface area (Å²) < 4.78 is 0. The molecule has 1 aliphatic rings.